The van der Waals surface area contributed by atoms with Crippen LogP contribution < -0.4 is 4.90 Å². The van der Waals surface area contributed by atoms with Crippen molar-refractivity contribution in [3.63, 3.8) is 0 Å². The van der Waals surface area contributed by atoms with Gasteiger partial charge in [-0.05, 0) is 19.1 Å². The molecule has 1 amide bonds. The highest BCUT2D eigenvalue weighted by Crippen LogP contribution is 2.23. The number of piperazine rings is 1. The molecule has 21 heavy (non-hydrogen) atoms. The third-order valence-corrected chi connectivity index (χ3v) is 2.97. The molecular formula is C13H13F3N2O3. The minimum Gasteiger partial charge on any atom is -0.360 e. The molecule has 1 fully saturated rings. The van der Waals surface area contributed by atoms with Crippen molar-refractivity contribution in [3.05, 3.63) is 30.3 Å². The largest absolute Gasteiger partial charge is 0.492 e. The molecule has 8 heteroatoms. The van der Waals surface area contributed by atoms with Gasteiger partial charge in [0, 0.05) is 5.69 Å². The Bertz CT molecular complexity index is 533. The molecule has 0 N–H and O–H groups in total. The summed E-state index contributed by atoms with van der Waals surface area (Å²) in [4.78, 5) is 28.5. The molecule has 1 aromatic carbocycles. The summed E-state index contributed by atoms with van der Waals surface area (Å²) in [6.45, 7) is 1.25. The Kier molecular flexibility index (Phi) is 4.17. The highest BCUT2D eigenvalue weighted by Gasteiger charge is 2.44. The number of amides is 1. The van der Waals surface area contributed by atoms with E-state index in [0.717, 1.165) is 5.06 Å². The average molecular weight is 302 g/mol. The SMILES string of the molecule is CC1CN(OC(=O)C(F)(F)F)CC(=O)N1c1ccccc1. The van der Waals surface area contributed by atoms with E-state index in [-0.39, 0.29) is 6.54 Å². The van der Waals surface area contributed by atoms with Gasteiger partial charge in [-0.1, -0.05) is 18.2 Å². The van der Waals surface area contributed by atoms with Gasteiger partial charge in [0.1, 0.15) is 6.54 Å². The molecular weight excluding hydrogens is 289 g/mol. The first-order chi connectivity index (χ1) is 9.79. The summed E-state index contributed by atoms with van der Waals surface area (Å²) in [5.74, 6) is -2.76. The summed E-state index contributed by atoms with van der Waals surface area (Å²) >= 11 is 0. The van der Waals surface area contributed by atoms with Crippen molar-refractivity contribution in [3.8, 4) is 0 Å². The predicted octanol–water partition coefficient (Wildman–Crippen LogP) is 1.74. The van der Waals surface area contributed by atoms with Crippen LogP contribution in [0.3, 0.4) is 0 Å². The van der Waals surface area contributed by atoms with Gasteiger partial charge in [0.05, 0.1) is 12.6 Å². The molecule has 1 heterocycles. The summed E-state index contributed by atoms with van der Waals surface area (Å²) < 4.78 is 36.4. The molecule has 0 aliphatic carbocycles. The van der Waals surface area contributed by atoms with Gasteiger partial charge in [-0.2, -0.15) is 13.2 Å². The van der Waals surface area contributed by atoms with Crippen molar-refractivity contribution >= 4 is 17.6 Å². The van der Waals surface area contributed by atoms with Gasteiger partial charge in [0.15, 0.2) is 0 Å². The number of carbonyl (C=O) groups excluding carboxylic acids is 2. The number of para-hydroxylation sites is 1. The number of benzene rings is 1. The van der Waals surface area contributed by atoms with Gasteiger partial charge in [-0.3, -0.25) is 4.79 Å². The number of hydrogen-bond acceptors (Lipinski definition) is 4. The Balaban J connectivity index is 2.06. The Labute approximate surface area is 118 Å². The molecule has 5 nitrogen and oxygen atoms in total. The number of carbonyl (C=O) groups is 2. The first kappa shape index (κ1) is 15.3. The van der Waals surface area contributed by atoms with Crippen LogP contribution in [0.25, 0.3) is 0 Å². The monoisotopic (exact) mass is 302 g/mol. The lowest BCUT2D eigenvalue weighted by Gasteiger charge is -2.38. The number of hydrogen-bond donors (Lipinski definition) is 0. The summed E-state index contributed by atoms with van der Waals surface area (Å²) in [7, 11) is 0. The summed E-state index contributed by atoms with van der Waals surface area (Å²) in [6.07, 6.45) is -5.08. The fraction of sp³-hybridized carbons (Fsp3) is 0.385. The lowest BCUT2D eigenvalue weighted by Crippen LogP contribution is -2.56. The molecule has 0 bridgehead atoms. The van der Waals surface area contributed by atoms with E-state index in [1.54, 1.807) is 37.3 Å². The summed E-state index contributed by atoms with van der Waals surface area (Å²) in [5.41, 5.74) is 0.650. The highest BCUT2D eigenvalue weighted by atomic mass is 19.4. The van der Waals surface area contributed by atoms with E-state index in [1.165, 1.54) is 4.90 Å². The van der Waals surface area contributed by atoms with Gasteiger partial charge in [0.2, 0.25) is 5.91 Å². The highest BCUT2D eigenvalue weighted by molar-refractivity contribution is 5.96. The van der Waals surface area contributed by atoms with E-state index in [2.05, 4.69) is 4.84 Å². The van der Waals surface area contributed by atoms with Crippen molar-refractivity contribution in [1.29, 1.82) is 0 Å². The van der Waals surface area contributed by atoms with E-state index >= 15 is 0 Å². The van der Waals surface area contributed by atoms with Gasteiger partial charge in [0.25, 0.3) is 0 Å². The molecule has 0 saturated carbocycles. The van der Waals surface area contributed by atoms with Crippen LogP contribution in [0.2, 0.25) is 0 Å². The van der Waals surface area contributed by atoms with Crippen molar-refractivity contribution < 1.29 is 27.6 Å². The lowest BCUT2D eigenvalue weighted by atomic mass is 10.1. The Morgan fingerprint density at radius 1 is 1.29 bits per heavy atom. The lowest BCUT2D eigenvalue weighted by molar-refractivity contribution is -0.239. The van der Waals surface area contributed by atoms with Gasteiger partial charge >= 0.3 is 12.1 Å². The van der Waals surface area contributed by atoms with Gasteiger partial charge in [-0.25, -0.2) is 4.79 Å². The van der Waals surface area contributed by atoms with Crippen LogP contribution >= 0.6 is 0 Å². The zero-order valence-corrected chi connectivity index (χ0v) is 11.1. The van der Waals surface area contributed by atoms with Crippen LogP contribution in [0, 0.1) is 0 Å². The maximum Gasteiger partial charge on any atom is 0.492 e. The zero-order valence-electron chi connectivity index (χ0n) is 11.1. The second-order valence-corrected chi connectivity index (χ2v) is 4.65. The minimum atomic E-state index is -5.08. The molecule has 0 spiro atoms. The van der Waals surface area contributed by atoms with Crippen LogP contribution in [0.5, 0.6) is 0 Å². The fourth-order valence-electron chi connectivity index (χ4n) is 2.14. The molecule has 1 atom stereocenters. The van der Waals surface area contributed by atoms with E-state index in [9.17, 15) is 22.8 Å². The van der Waals surface area contributed by atoms with Gasteiger partial charge < -0.3 is 9.74 Å². The fourth-order valence-corrected chi connectivity index (χ4v) is 2.14. The molecule has 2 rings (SSSR count). The molecule has 1 saturated heterocycles. The van der Waals surface area contributed by atoms with E-state index < -0.39 is 30.6 Å². The first-order valence-electron chi connectivity index (χ1n) is 6.20. The topological polar surface area (TPSA) is 49.9 Å². The Morgan fingerprint density at radius 2 is 1.90 bits per heavy atom. The number of anilines is 1. The maximum atomic E-state index is 12.1. The van der Waals surface area contributed by atoms with Crippen molar-refractivity contribution in [2.24, 2.45) is 0 Å². The smallest absolute Gasteiger partial charge is 0.360 e. The van der Waals surface area contributed by atoms with Crippen LogP contribution in [0.1, 0.15) is 6.92 Å². The third kappa shape index (κ3) is 3.52. The zero-order chi connectivity index (χ0) is 15.6. The molecule has 1 aliphatic heterocycles. The van der Waals surface area contributed by atoms with E-state index in [1.807, 2.05) is 0 Å². The van der Waals surface area contributed by atoms with Crippen LogP contribution in [0.15, 0.2) is 30.3 Å². The van der Waals surface area contributed by atoms with E-state index in [4.69, 9.17) is 0 Å². The van der Waals surface area contributed by atoms with Crippen LogP contribution in [-0.2, 0) is 14.4 Å². The molecule has 1 unspecified atom stereocenters. The standard InChI is InChI=1S/C13H13F3N2O3/c1-9-7-17(21-12(20)13(14,15)16)8-11(19)18(9)10-5-3-2-4-6-10/h2-6,9H,7-8H2,1H3. The van der Waals surface area contributed by atoms with Crippen molar-refractivity contribution in [1.82, 2.24) is 5.06 Å². The number of halogens is 3. The second-order valence-electron chi connectivity index (χ2n) is 4.65. The molecule has 0 radical (unpaired) electrons. The van der Waals surface area contributed by atoms with Crippen LogP contribution in [0.4, 0.5) is 18.9 Å². The van der Waals surface area contributed by atoms with Crippen molar-refractivity contribution in [2.75, 3.05) is 18.0 Å². The summed E-state index contributed by atoms with van der Waals surface area (Å²) in [5, 5.41) is 0.738. The maximum absolute atomic E-state index is 12.1. The normalized spacial score (nSPS) is 20.5. The van der Waals surface area contributed by atoms with Crippen LogP contribution in [-0.4, -0.2) is 42.2 Å². The van der Waals surface area contributed by atoms with E-state index in [0.29, 0.717) is 5.69 Å². The third-order valence-electron chi connectivity index (χ3n) is 2.97. The number of alkyl halides is 3. The minimum absolute atomic E-state index is 0.00243. The Morgan fingerprint density at radius 3 is 2.43 bits per heavy atom. The molecule has 0 aromatic heterocycles. The number of rotatable bonds is 2. The van der Waals surface area contributed by atoms with Gasteiger partial charge in [-0.15, -0.1) is 5.06 Å². The molecule has 114 valence electrons. The molecule has 1 aromatic rings. The number of nitrogens with zero attached hydrogens (tertiary/aromatic N) is 2. The summed E-state index contributed by atoms with van der Waals surface area (Å²) in [6, 6.07) is 8.34. The Hall–Kier alpha value is -2.09. The molecule has 1 aliphatic rings. The first-order valence-corrected chi connectivity index (χ1v) is 6.20. The van der Waals surface area contributed by atoms with Crippen molar-refractivity contribution in [2.45, 2.75) is 19.1 Å². The number of hydroxylamine groups is 2. The second kappa shape index (κ2) is 5.72. The quantitative estimate of drug-likeness (QED) is 0.835. The predicted molar refractivity (Wildman–Crippen MR) is 67.1 cm³/mol. The average Bonchev–Trinajstić information content (AvgIpc) is 2.38.